The van der Waals surface area contributed by atoms with Crippen LogP contribution in [-0.2, 0) is 16.0 Å². The maximum absolute atomic E-state index is 15.2. The fourth-order valence-electron chi connectivity index (χ4n) is 5.49. The molecule has 2 aromatic rings. The lowest BCUT2D eigenvalue weighted by Crippen LogP contribution is -2.60. The van der Waals surface area contributed by atoms with Crippen molar-refractivity contribution in [1.29, 1.82) is 0 Å². The van der Waals surface area contributed by atoms with Crippen LogP contribution in [0.15, 0.2) is 42.5 Å². The summed E-state index contributed by atoms with van der Waals surface area (Å²) in [5.74, 6) is -2.61. The van der Waals surface area contributed by atoms with Gasteiger partial charge in [0.05, 0.1) is 19.3 Å². The molecule has 0 unspecified atom stereocenters. The number of carboxylic acid groups (broad SMARTS) is 1. The Morgan fingerprint density at radius 2 is 1.69 bits per heavy atom. The summed E-state index contributed by atoms with van der Waals surface area (Å²) in [4.78, 5) is 27.4. The highest BCUT2D eigenvalue weighted by Crippen LogP contribution is 2.50. The molecule has 1 aliphatic carbocycles. The van der Waals surface area contributed by atoms with Crippen molar-refractivity contribution in [1.82, 2.24) is 10.2 Å². The molecule has 2 fully saturated rings. The van der Waals surface area contributed by atoms with Crippen molar-refractivity contribution in [2.24, 2.45) is 0 Å². The molecule has 1 saturated heterocycles. The van der Waals surface area contributed by atoms with E-state index in [0.717, 1.165) is 18.4 Å². The van der Waals surface area contributed by atoms with Crippen LogP contribution in [0.3, 0.4) is 0 Å². The molecule has 4 rings (SSSR count). The van der Waals surface area contributed by atoms with Crippen molar-refractivity contribution in [2.45, 2.75) is 82.7 Å². The summed E-state index contributed by atoms with van der Waals surface area (Å²) in [7, 11) is 0. The number of halogens is 2. The Balaban J connectivity index is 1.65. The van der Waals surface area contributed by atoms with E-state index in [2.05, 4.69) is 5.32 Å². The summed E-state index contributed by atoms with van der Waals surface area (Å²) in [5.41, 5.74) is 0.607. The van der Waals surface area contributed by atoms with Crippen molar-refractivity contribution < 1.29 is 37.7 Å². The SMILES string of the molecule is CCOc1cc([C@@H](C)N(CCC(F)(F)Cc2ccccc2)C(=O)NC2(C(=O)O)CCOCC2)cc(OCC)c1C1CC1. The van der Waals surface area contributed by atoms with Gasteiger partial charge >= 0.3 is 12.0 Å². The molecule has 8 nitrogen and oxygen atoms in total. The van der Waals surface area contributed by atoms with Gasteiger partial charge in [0.1, 0.15) is 17.0 Å². The molecule has 2 N–H and O–H groups in total. The second-order valence-electron chi connectivity index (χ2n) is 11.1. The molecule has 0 radical (unpaired) electrons. The molecule has 1 aliphatic heterocycles. The highest BCUT2D eigenvalue weighted by atomic mass is 19.3. The van der Waals surface area contributed by atoms with Crippen LogP contribution < -0.4 is 14.8 Å². The molecular formula is C32H42F2N2O6. The van der Waals surface area contributed by atoms with E-state index in [1.807, 2.05) is 26.0 Å². The van der Waals surface area contributed by atoms with E-state index in [0.29, 0.717) is 41.8 Å². The van der Waals surface area contributed by atoms with Crippen LogP contribution in [0.25, 0.3) is 0 Å². The van der Waals surface area contributed by atoms with E-state index in [1.54, 1.807) is 37.3 Å². The van der Waals surface area contributed by atoms with Crippen LogP contribution in [0.4, 0.5) is 13.6 Å². The number of aliphatic carboxylic acids is 1. The Bertz CT molecular complexity index is 1190. The lowest BCUT2D eigenvalue weighted by molar-refractivity contribution is -0.148. The topological polar surface area (TPSA) is 97.3 Å². The van der Waals surface area contributed by atoms with E-state index in [1.165, 1.54) is 4.90 Å². The number of hydrogen-bond acceptors (Lipinski definition) is 5. The zero-order valence-electron chi connectivity index (χ0n) is 24.7. The number of hydrogen-bond donors (Lipinski definition) is 2. The lowest BCUT2D eigenvalue weighted by Gasteiger charge is -2.38. The number of nitrogens with one attached hydrogen (secondary N) is 1. The summed E-state index contributed by atoms with van der Waals surface area (Å²) >= 11 is 0. The number of amides is 2. The Morgan fingerprint density at radius 3 is 2.21 bits per heavy atom. The molecule has 2 aliphatic rings. The predicted octanol–water partition coefficient (Wildman–Crippen LogP) is 6.34. The van der Waals surface area contributed by atoms with E-state index >= 15 is 8.78 Å². The molecule has 2 amide bonds. The van der Waals surface area contributed by atoms with Crippen molar-refractivity contribution >= 4 is 12.0 Å². The maximum Gasteiger partial charge on any atom is 0.329 e. The van der Waals surface area contributed by atoms with E-state index in [-0.39, 0.29) is 32.6 Å². The van der Waals surface area contributed by atoms with Crippen LogP contribution >= 0.6 is 0 Å². The van der Waals surface area contributed by atoms with Gasteiger partial charge in [0.25, 0.3) is 5.92 Å². The zero-order chi connectivity index (χ0) is 30.3. The van der Waals surface area contributed by atoms with Crippen molar-refractivity contribution in [2.75, 3.05) is 33.0 Å². The summed E-state index contributed by atoms with van der Waals surface area (Å²) in [5, 5.41) is 12.7. The van der Waals surface area contributed by atoms with Crippen LogP contribution in [-0.4, -0.2) is 66.4 Å². The summed E-state index contributed by atoms with van der Waals surface area (Å²) in [6, 6.07) is 10.8. The number of ether oxygens (including phenoxy) is 3. The molecule has 1 heterocycles. The molecule has 1 atom stereocenters. The number of nitrogens with zero attached hydrogens (tertiary/aromatic N) is 1. The first-order valence-corrected chi connectivity index (χ1v) is 14.8. The Hall–Kier alpha value is -3.40. The molecule has 0 spiro atoms. The van der Waals surface area contributed by atoms with Gasteiger partial charge < -0.3 is 29.5 Å². The first kappa shape index (κ1) is 31.5. The number of carbonyl (C=O) groups excluding carboxylic acids is 1. The minimum absolute atomic E-state index is 0.0829. The lowest BCUT2D eigenvalue weighted by atomic mass is 9.90. The van der Waals surface area contributed by atoms with Crippen molar-refractivity contribution in [3.05, 3.63) is 59.2 Å². The Labute approximate surface area is 246 Å². The fourth-order valence-corrected chi connectivity index (χ4v) is 5.49. The predicted molar refractivity (Wildman–Crippen MR) is 155 cm³/mol. The standard InChI is InChI=1S/C32H42F2N2O6/c1-4-41-26-19-25(20-27(42-5-2)28(26)24-11-12-24)22(3)36(16-13-32(33,34)21-23-9-7-6-8-10-23)30(39)35-31(29(37)38)14-17-40-18-15-31/h6-10,19-20,22,24H,4-5,11-18,21H2,1-3H3,(H,35,39)(H,37,38)/t22-/m1/s1. The number of carboxylic acids is 1. The van der Waals surface area contributed by atoms with Gasteiger partial charge in [-0.1, -0.05) is 30.3 Å². The highest BCUT2D eigenvalue weighted by molar-refractivity contribution is 5.86. The van der Waals surface area contributed by atoms with E-state index in [9.17, 15) is 14.7 Å². The monoisotopic (exact) mass is 588 g/mol. The average Bonchev–Trinajstić information content (AvgIpc) is 3.79. The number of alkyl halides is 2. The molecule has 10 heteroatoms. The summed E-state index contributed by atoms with van der Waals surface area (Å²) in [6.45, 7) is 6.46. The van der Waals surface area contributed by atoms with Gasteiger partial charge in [0.2, 0.25) is 0 Å². The quantitative estimate of drug-likeness (QED) is 0.268. The number of urea groups is 1. The fraction of sp³-hybridized carbons (Fsp3) is 0.562. The van der Waals surface area contributed by atoms with Gasteiger partial charge in [-0.2, -0.15) is 0 Å². The number of carbonyl (C=O) groups is 2. The van der Waals surface area contributed by atoms with Gasteiger partial charge in [-0.15, -0.1) is 0 Å². The number of rotatable bonds is 14. The van der Waals surface area contributed by atoms with Gasteiger partial charge in [0.15, 0.2) is 0 Å². The molecule has 0 aromatic heterocycles. The number of benzene rings is 2. The minimum atomic E-state index is -3.09. The second kappa shape index (κ2) is 13.7. The molecule has 230 valence electrons. The molecule has 42 heavy (non-hydrogen) atoms. The molecular weight excluding hydrogens is 546 g/mol. The second-order valence-corrected chi connectivity index (χ2v) is 11.1. The van der Waals surface area contributed by atoms with Crippen LogP contribution in [0, 0.1) is 0 Å². The smallest absolute Gasteiger partial charge is 0.329 e. The van der Waals surface area contributed by atoms with Crippen molar-refractivity contribution in [3.63, 3.8) is 0 Å². The van der Waals surface area contributed by atoms with Gasteiger partial charge in [-0.25, -0.2) is 18.4 Å². The summed E-state index contributed by atoms with van der Waals surface area (Å²) < 4.78 is 47.8. The van der Waals surface area contributed by atoms with Crippen LogP contribution in [0.2, 0.25) is 0 Å². The molecule has 1 saturated carbocycles. The third kappa shape index (κ3) is 7.70. The van der Waals surface area contributed by atoms with Crippen molar-refractivity contribution in [3.8, 4) is 11.5 Å². The highest BCUT2D eigenvalue weighted by Gasteiger charge is 2.43. The third-order valence-electron chi connectivity index (χ3n) is 8.05. The average molecular weight is 589 g/mol. The van der Waals surface area contributed by atoms with E-state index < -0.39 is 42.3 Å². The third-order valence-corrected chi connectivity index (χ3v) is 8.05. The first-order valence-electron chi connectivity index (χ1n) is 14.8. The molecule has 0 bridgehead atoms. The van der Waals surface area contributed by atoms with Crippen LogP contribution in [0.5, 0.6) is 11.5 Å². The Kier molecular flexibility index (Phi) is 10.3. The zero-order valence-corrected chi connectivity index (χ0v) is 24.7. The maximum atomic E-state index is 15.2. The van der Waals surface area contributed by atoms with E-state index in [4.69, 9.17) is 14.2 Å². The van der Waals surface area contributed by atoms with Gasteiger partial charge in [-0.3, -0.25) is 0 Å². The van der Waals surface area contributed by atoms with Crippen LogP contribution in [0.1, 0.15) is 81.5 Å². The molecule has 2 aromatic carbocycles. The summed E-state index contributed by atoms with van der Waals surface area (Å²) in [6.07, 6.45) is 1.16. The minimum Gasteiger partial charge on any atom is -0.493 e. The van der Waals surface area contributed by atoms with Gasteiger partial charge in [-0.05, 0) is 62.8 Å². The first-order chi connectivity index (χ1) is 20.1. The largest absolute Gasteiger partial charge is 0.493 e. The Morgan fingerprint density at radius 1 is 1.10 bits per heavy atom. The van der Waals surface area contributed by atoms with Gasteiger partial charge in [0, 0.05) is 51.0 Å². The normalized spacial score (nSPS) is 17.3.